The molecule has 0 spiro atoms. The van der Waals surface area contributed by atoms with E-state index in [1.54, 1.807) is 0 Å². The fraction of sp³-hybridized carbons (Fsp3) is 0.381. The number of rotatable bonds is 5. The molecule has 2 aromatic rings. The van der Waals surface area contributed by atoms with Crippen molar-refractivity contribution in [3.8, 4) is 0 Å². The van der Waals surface area contributed by atoms with Gasteiger partial charge in [0.1, 0.15) is 0 Å². The van der Waals surface area contributed by atoms with Gasteiger partial charge in [-0.05, 0) is 35.7 Å². The molecular weight excluding hydrogens is 362 g/mol. The fourth-order valence-corrected chi connectivity index (χ4v) is 3.41. The first-order chi connectivity index (χ1) is 13.0. The zero-order valence-corrected chi connectivity index (χ0v) is 16.3. The number of ether oxygens (including phenoxy) is 1. The van der Waals surface area contributed by atoms with Gasteiger partial charge in [-0.2, -0.15) is 0 Å². The lowest BCUT2D eigenvalue weighted by atomic mass is 10.0. The van der Waals surface area contributed by atoms with Gasteiger partial charge >= 0.3 is 6.09 Å². The molecule has 144 valence electrons. The molecule has 0 atom stereocenters. The Morgan fingerprint density at radius 2 is 1.85 bits per heavy atom. The Kier molecular flexibility index (Phi) is 6.37. The second kappa shape index (κ2) is 8.74. The zero-order chi connectivity index (χ0) is 19.3. The molecule has 27 heavy (non-hydrogen) atoms. The maximum absolute atomic E-state index is 12.2. The van der Waals surface area contributed by atoms with Crippen molar-refractivity contribution in [2.24, 2.45) is 5.73 Å². The molecule has 0 bridgehead atoms. The highest BCUT2D eigenvalue weighted by Crippen LogP contribution is 2.25. The van der Waals surface area contributed by atoms with E-state index >= 15 is 0 Å². The number of halogens is 1. The van der Waals surface area contributed by atoms with Crippen LogP contribution >= 0.6 is 11.6 Å². The first-order valence-corrected chi connectivity index (χ1v) is 9.69. The lowest BCUT2D eigenvalue weighted by molar-refractivity contribution is -0.0268. The van der Waals surface area contributed by atoms with Crippen LogP contribution in [-0.2, 0) is 17.7 Å². The molecular formula is C21H26ClN3O2. The Bertz CT molecular complexity index is 771. The standard InChI is InChI=1S/C21H26ClN3O2/c1-2-16-7-9-18(10-8-16)24-20(26)27-21(23)11-13-25(14-12-21)15-17-5-3-4-6-19(17)22/h3-10H,2,11-15,23H2,1H3,(H,24,26). The third-order valence-corrected chi connectivity index (χ3v) is 5.33. The minimum Gasteiger partial charge on any atom is -0.428 e. The molecule has 0 radical (unpaired) electrons. The first-order valence-electron chi connectivity index (χ1n) is 9.31. The van der Waals surface area contributed by atoms with Gasteiger partial charge in [-0.1, -0.05) is 48.9 Å². The van der Waals surface area contributed by atoms with Gasteiger partial charge in [0, 0.05) is 43.2 Å². The van der Waals surface area contributed by atoms with Crippen LogP contribution in [-0.4, -0.2) is 29.8 Å². The molecule has 3 rings (SSSR count). The van der Waals surface area contributed by atoms with Crippen molar-refractivity contribution in [1.82, 2.24) is 4.90 Å². The van der Waals surface area contributed by atoms with Crippen molar-refractivity contribution in [2.45, 2.75) is 38.5 Å². The molecule has 0 aliphatic carbocycles. The molecule has 1 aliphatic rings. The van der Waals surface area contributed by atoms with Gasteiger partial charge in [-0.25, -0.2) is 4.79 Å². The molecule has 3 N–H and O–H groups in total. The Hall–Kier alpha value is -2.08. The van der Waals surface area contributed by atoms with Crippen molar-refractivity contribution in [2.75, 3.05) is 18.4 Å². The molecule has 1 fully saturated rings. The van der Waals surface area contributed by atoms with E-state index in [1.807, 2.05) is 48.5 Å². The van der Waals surface area contributed by atoms with E-state index in [2.05, 4.69) is 17.1 Å². The maximum Gasteiger partial charge on any atom is 0.413 e. The second-order valence-corrected chi connectivity index (χ2v) is 7.40. The number of carbonyl (C=O) groups excluding carboxylic acids is 1. The van der Waals surface area contributed by atoms with Crippen LogP contribution in [0.4, 0.5) is 10.5 Å². The quantitative estimate of drug-likeness (QED) is 0.746. The number of hydrogen-bond acceptors (Lipinski definition) is 4. The Labute approximate surface area is 165 Å². The monoisotopic (exact) mass is 387 g/mol. The maximum atomic E-state index is 12.2. The zero-order valence-electron chi connectivity index (χ0n) is 15.6. The van der Waals surface area contributed by atoms with E-state index in [0.29, 0.717) is 18.5 Å². The summed E-state index contributed by atoms with van der Waals surface area (Å²) in [5, 5.41) is 3.52. The van der Waals surface area contributed by atoms with Crippen LogP contribution < -0.4 is 11.1 Å². The molecule has 0 saturated carbocycles. The molecule has 1 aliphatic heterocycles. The Balaban J connectivity index is 1.49. The van der Waals surface area contributed by atoms with Gasteiger partial charge in [-0.15, -0.1) is 0 Å². The molecule has 5 nitrogen and oxygen atoms in total. The highest BCUT2D eigenvalue weighted by Gasteiger charge is 2.34. The number of carbonyl (C=O) groups is 1. The number of nitrogens with one attached hydrogen (secondary N) is 1. The minimum absolute atomic E-state index is 0.513. The SMILES string of the molecule is CCc1ccc(NC(=O)OC2(N)CCN(Cc3ccccc3Cl)CC2)cc1. The van der Waals surface area contributed by atoms with Crippen molar-refractivity contribution in [1.29, 1.82) is 0 Å². The molecule has 0 aromatic heterocycles. The molecule has 1 saturated heterocycles. The second-order valence-electron chi connectivity index (χ2n) is 7.00. The predicted molar refractivity (Wildman–Crippen MR) is 109 cm³/mol. The minimum atomic E-state index is -0.940. The molecule has 6 heteroatoms. The average molecular weight is 388 g/mol. The third-order valence-electron chi connectivity index (χ3n) is 4.96. The average Bonchev–Trinajstić information content (AvgIpc) is 2.66. The summed E-state index contributed by atoms with van der Waals surface area (Å²) in [5.41, 5.74) is 8.39. The number of aryl methyl sites for hydroxylation is 1. The summed E-state index contributed by atoms with van der Waals surface area (Å²) in [6.45, 7) is 4.36. The van der Waals surface area contributed by atoms with E-state index in [4.69, 9.17) is 22.1 Å². The van der Waals surface area contributed by atoms with Crippen LogP contribution in [0.1, 0.15) is 30.9 Å². The summed E-state index contributed by atoms with van der Waals surface area (Å²) < 4.78 is 5.54. The van der Waals surface area contributed by atoms with E-state index in [1.165, 1.54) is 5.56 Å². The van der Waals surface area contributed by atoms with Crippen LogP contribution in [0.3, 0.4) is 0 Å². The van der Waals surface area contributed by atoms with E-state index in [-0.39, 0.29) is 0 Å². The lowest BCUT2D eigenvalue weighted by Gasteiger charge is -2.38. The van der Waals surface area contributed by atoms with Gasteiger partial charge in [0.2, 0.25) is 0 Å². The number of likely N-dealkylation sites (tertiary alicyclic amines) is 1. The predicted octanol–water partition coefficient (Wildman–Crippen LogP) is 4.40. The number of nitrogens with zero attached hydrogens (tertiary/aromatic N) is 1. The summed E-state index contributed by atoms with van der Waals surface area (Å²) in [6, 6.07) is 15.6. The van der Waals surface area contributed by atoms with E-state index < -0.39 is 11.8 Å². The van der Waals surface area contributed by atoms with Gasteiger partial charge in [-0.3, -0.25) is 16.0 Å². The van der Waals surface area contributed by atoms with Crippen molar-refractivity contribution >= 4 is 23.4 Å². The molecule has 1 heterocycles. The fourth-order valence-electron chi connectivity index (χ4n) is 3.21. The van der Waals surface area contributed by atoms with Gasteiger partial charge < -0.3 is 4.74 Å². The number of nitrogens with two attached hydrogens (primary N) is 1. The summed E-state index contributed by atoms with van der Waals surface area (Å²) in [4.78, 5) is 14.5. The van der Waals surface area contributed by atoms with Crippen molar-refractivity contribution < 1.29 is 9.53 Å². The number of amides is 1. The Morgan fingerprint density at radius 3 is 2.48 bits per heavy atom. The summed E-state index contributed by atoms with van der Waals surface area (Å²) in [6.07, 6.45) is 1.61. The third kappa shape index (κ3) is 5.45. The van der Waals surface area contributed by atoms with Crippen LogP contribution in [0.25, 0.3) is 0 Å². The smallest absolute Gasteiger partial charge is 0.413 e. The van der Waals surface area contributed by atoms with Crippen LogP contribution in [0, 0.1) is 0 Å². The molecule has 0 unspecified atom stereocenters. The highest BCUT2D eigenvalue weighted by atomic mass is 35.5. The Morgan fingerprint density at radius 1 is 1.19 bits per heavy atom. The summed E-state index contributed by atoms with van der Waals surface area (Å²) in [7, 11) is 0. The number of hydrogen-bond donors (Lipinski definition) is 2. The van der Waals surface area contributed by atoms with E-state index in [0.717, 1.165) is 36.6 Å². The lowest BCUT2D eigenvalue weighted by Crippen LogP contribution is -2.53. The van der Waals surface area contributed by atoms with E-state index in [9.17, 15) is 4.79 Å². The van der Waals surface area contributed by atoms with Gasteiger partial charge in [0.15, 0.2) is 5.72 Å². The van der Waals surface area contributed by atoms with Gasteiger partial charge in [0.25, 0.3) is 0 Å². The summed E-state index contributed by atoms with van der Waals surface area (Å²) in [5.74, 6) is 0. The van der Waals surface area contributed by atoms with Gasteiger partial charge in [0.05, 0.1) is 0 Å². The van der Waals surface area contributed by atoms with Crippen molar-refractivity contribution in [3.63, 3.8) is 0 Å². The normalized spacial score (nSPS) is 16.7. The highest BCUT2D eigenvalue weighted by molar-refractivity contribution is 6.31. The largest absolute Gasteiger partial charge is 0.428 e. The number of benzene rings is 2. The molecule has 1 amide bonds. The van der Waals surface area contributed by atoms with Crippen LogP contribution in [0.15, 0.2) is 48.5 Å². The summed E-state index contributed by atoms with van der Waals surface area (Å²) >= 11 is 6.24. The topological polar surface area (TPSA) is 67.6 Å². The number of anilines is 1. The number of piperidine rings is 1. The van der Waals surface area contributed by atoms with Crippen LogP contribution in [0.2, 0.25) is 5.02 Å². The molecule has 2 aromatic carbocycles. The van der Waals surface area contributed by atoms with Crippen molar-refractivity contribution in [3.05, 3.63) is 64.7 Å². The van der Waals surface area contributed by atoms with Crippen LogP contribution in [0.5, 0.6) is 0 Å². The first kappa shape index (κ1) is 19.7.